The number of rotatable bonds is 5. The lowest BCUT2D eigenvalue weighted by Crippen LogP contribution is -2.23. The number of carboxylic acids is 1. The zero-order chi connectivity index (χ0) is 16.3. The van der Waals surface area contributed by atoms with Crippen molar-refractivity contribution in [2.45, 2.75) is 33.4 Å². The summed E-state index contributed by atoms with van der Waals surface area (Å²) in [5.41, 5.74) is 2.45. The molecule has 0 spiro atoms. The van der Waals surface area contributed by atoms with Gasteiger partial charge in [0.1, 0.15) is 0 Å². The highest BCUT2D eigenvalue weighted by Gasteiger charge is 2.15. The molecule has 0 aliphatic heterocycles. The molecule has 1 amide bonds. The van der Waals surface area contributed by atoms with Gasteiger partial charge in [0.05, 0.1) is 17.3 Å². The predicted octanol–water partition coefficient (Wildman–Crippen LogP) is 2.40. The van der Waals surface area contributed by atoms with Crippen molar-refractivity contribution in [2.24, 2.45) is 0 Å². The number of nitrogens with zero attached hydrogens (tertiary/aromatic N) is 2. The SMILES string of the molecule is Cc1c(C(=O)NCc2ccc(C(=O)O)cc2)cnn1C(C)C. The van der Waals surface area contributed by atoms with Gasteiger partial charge in [-0.15, -0.1) is 0 Å². The second kappa shape index (κ2) is 6.43. The zero-order valence-electron chi connectivity index (χ0n) is 12.8. The molecule has 0 saturated heterocycles. The van der Waals surface area contributed by atoms with Crippen LogP contribution in [0.1, 0.15) is 51.9 Å². The first-order valence-corrected chi connectivity index (χ1v) is 7.04. The topological polar surface area (TPSA) is 84.2 Å². The maximum Gasteiger partial charge on any atom is 0.335 e. The van der Waals surface area contributed by atoms with E-state index in [9.17, 15) is 9.59 Å². The molecular formula is C16H19N3O3. The molecule has 0 fully saturated rings. The van der Waals surface area contributed by atoms with Crippen LogP contribution in [0, 0.1) is 6.92 Å². The van der Waals surface area contributed by atoms with Crippen molar-refractivity contribution < 1.29 is 14.7 Å². The molecule has 116 valence electrons. The van der Waals surface area contributed by atoms with E-state index in [4.69, 9.17) is 5.11 Å². The normalized spacial score (nSPS) is 10.7. The Morgan fingerprint density at radius 3 is 2.41 bits per heavy atom. The molecule has 2 aromatic rings. The van der Waals surface area contributed by atoms with Crippen molar-refractivity contribution in [1.29, 1.82) is 0 Å². The first-order chi connectivity index (χ1) is 10.4. The Balaban J connectivity index is 2.02. The highest BCUT2D eigenvalue weighted by atomic mass is 16.4. The van der Waals surface area contributed by atoms with Crippen LogP contribution < -0.4 is 5.32 Å². The van der Waals surface area contributed by atoms with Gasteiger partial charge in [0.25, 0.3) is 5.91 Å². The minimum Gasteiger partial charge on any atom is -0.478 e. The average Bonchev–Trinajstić information content (AvgIpc) is 2.87. The van der Waals surface area contributed by atoms with Gasteiger partial charge in [0.15, 0.2) is 0 Å². The summed E-state index contributed by atoms with van der Waals surface area (Å²) < 4.78 is 1.80. The summed E-state index contributed by atoms with van der Waals surface area (Å²) in [4.78, 5) is 23.0. The number of amides is 1. The summed E-state index contributed by atoms with van der Waals surface area (Å²) in [5, 5.41) is 15.9. The van der Waals surface area contributed by atoms with Crippen LogP contribution >= 0.6 is 0 Å². The van der Waals surface area contributed by atoms with E-state index in [-0.39, 0.29) is 17.5 Å². The molecule has 6 heteroatoms. The van der Waals surface area contributed by atoms with Gasteiger partial charge in [0, 0.05) is 18.3 Å². The van der Waals surface area contributed by atoms with E-state index in [1.54, 1.807) is 23.0 Å². The molecule has 0 radical (unpaired) electrons. The van der Waals surface area contributed by atoms with Gasteiger partial charge in [-0.1, -0.05) is 12.1 Å². The monoisotopic (exact) mass is 301 g/mol. The Hall–Kier alpha value is -2.63. The molecule has 0 aliphatic carbocycles. The van der Waals surface area contributed by atoms with Crippen LogP contribution in [0.4, 0.5) is 0 Å². The Bertz CT molecular complexity index is 687. The van der Waals surface area contributed by atoms with Crippen LogP contribution in [0.5, 0.6) is 0 Å². The molecule has 1 heterocycles. The molecule has 2 rings (SSSR count). The lowest BCUT2D eigenvalue weighted by atomic mass is 10.1. The first kappa shape index (κ1) is 15.8. The number of carboxylic acid groups (broad SMARTS) is 1. The molecule has 0 atom stereocenters. The van der Waals surface area contributed by atoms with Crippen molar-refractivity contribution in [3.63, 3.8) is 0 Å². The van der Waals surface area contributed by atoms with Gasteiger partial charge < -0.3 is 10.4 Å². The lowest BCUT2D eigenvalue weighted by molar-refractivity contribution is 0.0696. The largest absolute Gasteiger partial charge is 0.478 e. The molecule has 2 N–H and O–H groups in total. The second-order valence-corrected chi connectivity index (χ2v) is 5.37. The fourth-order valence-corrected chi connectivity index (χ4v) is 2.21. The number of hydrogen-bond acceptors (Lipinski definition) is 3. The fourth-order valence-electron chi connectivity index (χ4n) is 2.21. The number of nitrogens with one attached hydrogen (secondary N) is 1. The van der Waals surface area contributed by atoms with Gasteiger partial charge in [-0.05, 0) is 38.5 Å². The third-order valence-electron chi connectivity index (χ3n) is 3.43. The third kappa shape index (κ3) is 3.33. The lowest BCUT2D eigenvalue weighted by Gasteiger charge is -2.09. The van der Waals surface area contributed by atoms with Crippen molar-refractivity contribution in [3.05, 3.63) is 52.8 Å². The van der Waals surface area contributed by atoms with E-state index in [0.29, 0.717) is 12.1 Å². The van der Waals surface area contributed by atoms with E-state index >= 15 is 0 Å². The van der Waals surface area contributed by atoms with Crippen LogP contribution in [0.2, 0.25) is 0 Å². The quantitative estimate of drug-likeness (QED) is 0.888. The molecule has 22 heavy (non-hydrogen) atoms. The standard InChI is InChI=1S/C16H19N3O3/c1-10(2)19-11(3)14(9-18-19)15(20)17-8-12-4-6-13(7-5-12)16(21)22/h4-7,9-10H,8H2,1-3H3,(H,17,20)(H,21,22). The van der Waals surface area contributed by atoms with Gasteiger partial charge in [0.2, 0.25) is 0 Å². The second-order valence-electron chi connectivity index (χ2n) is 5.37. The predicted molar refractivity (Wildman–Crippen MR) is 81.9 cm³/mol. The molecule has 1 aromatic heterocycles. The average molecular weight is 301 g/mol. The number of aromatic nitrogens is 2. The first-order valence-electron chi connectivity index (χ1n) is 7.04. The number of carbonyl (C=O) groups excluding carboxylic acids is 1. The summed E-state index contributed by atoms with van der Waals surface area (Å²) in [6, 6.07) is 6.62. The van der Waals surface area contributed by atoms with Crippen LogP contribution in [-0.2, 0) is 6.54 Å². The maximum atomic E-state index is 12.2. The number of benzene rings is 1. The molecular weight excluding hydrogens is 282 g/mol. The summed E-state index contributed by atoms with van der Waals surface area (Å²) in [7, 11) is 0. The van der Waals surface area contributed by atoms with Crippen molar-refractivity contribution in [3.8, 4) is 0 Å². The summed E-state index contributed by atoms with van der Waals surface area (Å²) >= 11 is 0. The zero-order valence-corrected chi connectivity index (χ0v) is 12.8. The molecule has 1 aromatic carbocycles. The number of carbonyl (C=O) groups is 2. The maximum absolute atomic E-state index is 12.2. The van der Waals surface area contributed by atoms with E-state index in [1.165, 1.54) is 12.1 Å². The van der Waals surface area contributed by atoms with Crippen LogP contribution in [-0.4, -0.2) is 26.8 Å². The van der Waals surface area contributed by atoms with E-state index < -0.39 is 5.97 Å². The van der Waals surface area contributed by atoms with Gasteiger partial charge in [-0.3, -0.25) is 9.48 Å². The van der Waals surface area contributed by atoms with Crippen LogP contribution in [0.15, 0.2) is 30.5 Å². The molecule has 0 saturated carbocycles. The molecule has 0 aliphatic rings. The number of aromatic carboxylic acids is 1. The van der Waals surface area contributed by atoms with E-state index in [2.05, 4.69) is 10.4 Å². The smallest absolute Gasteiger partial charge is 0.335 e. The Labute approximate surface area is 128 Å². The van der Waals surface area contributed by atoms with E-state index in [0.717, 1.165) is 11.3 Å². The highest BCUT2D eigenvalue weighted by molar-refractivity contribution is 5.95. The minimum absolute atomic E-state index is 0.188. The molecule has 0 unspecified atom stereocenters. The van der Waals surface area contributed by atoms with Crippen LogP contribution in [0.25, 0.3) is 0 Å². The summed E-state index contributed by atoms with van der Waals surface area (Å²) in [6.45, 7) is 6.21. The fraction of sp³-hybridized carbons (Fsp3) is 0.312. The van der Waals surface area contributed by atoms with E-state index in [1.807, 2.05) is 20.8 Å². The van der Waals surface area contributed by atoms with Gasteiger partial charge in [-0.25, -0.2) is 4.79 Å². The van der Waals surface area contributed by atoms with Gasteiger partial charge >= 0.3 is 5.97 Å². The van der Waals surface area contributed by atoms with Crippen molar-refractivity contribution in [1.82, 2.24) is 15.1 Å². The Morgan fingerprint density at radius 2 is 1.91 bits per heavy atom. The number of hydrogen-bond donors (Lipinski definition) is 2. The van der Waals surface area contributed by atoms with Gasteiger partial charge in [-0.2, -0.15) is 5.10 Å². The van der Waals surface area contributed by atoms with Crippen molar-refractivity contribution in [2.75, 3.05) is 0 Å². The minimum atomic E-state index is -0.965. The summed E-state index contributed by atoms with van der Waals surface area (Å²) in [5.74, 6) is -1.15. The molecule has 0 bridgehead atoms. The third-order valence-corrected chi connectivity index (χ3v) is 3.43. The Kier molecular flexibility index (Phi) is 4.60. The van der Waals surface area contributed by atoms with Crippen LogP contribution in [0.3, 0.4) is 0 Å². The summed E-state index contributed by atoms with van der Waals surface area (Å²) in [6.07, 6.45) is 1.57. The van der Waals surface area contributed by atoms with Crippen molar-refractivity contribution >= 4 is 11.9 Å². The highest BCUT2D eigenvalue weighted by Crippen LogP contribution is 2.13. The molecule has 6 nitrogen and oxygen atoms in total. The Morgan fingerprint density at radius 1 is 1.27 bits per heavy atom.